The van der Waals surface area contributed by atoms with Crippen molar-refractivity contribution >= 4 is 32.9 Å². The molecule has 2 aromatic heterocycles. The van der Waals surface area contributed by atoms with Crippen LogP contribution in [0.25, 0.3) is 22.0 Å². The van der Waals surface area contributed by atoms with Gasteiger partial charge in [-0.3, -0.25) is 15.4 Å². The normalized spacial score (nSPS) is 11.8. The number of amidine groups is 1. The van der Waals surface area contributed by atoms with Gasteiger partial charge < -0.3 is 10.7 Å². The number of benzene rings is 1. The molecule has 0 atom stereocenters. The molecular formula is C16H15N5S. The van der Waals surface area contributed by atoms with Gasteiger partial charge in [-0.15, -0.1) is 0 Å². The number of aromatic amines is 1. The van der Waals surface area contributed by atoms with E-state index in [1.54, 1.807) is 13.2 Å². The van der Waals surface area contributed by atoms with Crippen molar-refractivity contribution in [2.45, 2.75) is 0 Å². The molecule has 0 spiro atoms. The minimum atomic E-state index is 0.378. The molecule has 0 radical (unpaired) electrons. The zero-order valence-corrected chi connectivity index (χ0v) is 12.8. The molecule has 0 unspecified atom stereocenters. The van der Waals surface area contributed by atoms with Crippen molar-refractivity contribution in [3.05, 3.63) is 54.5 Å². The van der Waals surface area contributed by atoms with Crippen LogP contribution < -0.4 is 5.73 Å². The van der Waals surface area contributed by atoms with Gasteiger partial charge >= 0.3 is 0 Å². The van der Waals surface area contributed by atoms with Crippen LogP contribution >= 0.6 is 11.8 Å². The predicted octanol–water partition coefficient (Wildman–Crippen LogP) is 3.23. The molecule has 2 heterocycles. The van der Waals surface area contributed by atoms with E-state index in [0.717, 1.165) is 39.4 Å². The summed E-state index contributed by atoms with van der Waals surface area (Å²) in [5, 5.41) is 9.96. The first-order chi connectivity index (χ1) is 10.7. The van der Waals surface area contributed by atoms with E-state index >= 15 is 0 Å². The molecule has 3 aromatic rings. The Morgan fingerprint density at radius 1 is 1.36 bits per heavy atom. The Balaban J connectivity index is 2.04. The highest BCUT2D eigenvalue weighted by Gasteiger charge is 2.10. The Hall–Kier alpha value is -2.60. The van der Waals surface area contributed by atoms with Crippen molar-refractivity contribution in [2.75, 3.05) is 7.05 Å². The summed E-state index contributed by atoms with van der Waals surface area (Å²) in [6.07, 6.45) is 5.55. The Labute approximate surface area is 132 Å². The van der Waals surface area contributed by atoms with Crippen molar-refractivity contribution in [3.63, 3.8) is 0 Å². The predicted molar refractivity (Wildman–Crippen MR) is 93.5 cm³/mol. The van der Waals surface area contributed by atoms with Crippen LogP contribution in [0.1, 0.15) is 5.56 Å². The van der Waals surface area contributed by atoms with E-state index in [0.29, 0.717) is 10.2 Å². The largest absolute Gasteiger partial charge is 0.378 e. The van der Waals surface area contributed by atoms with Gasteiger partial charge in [0.1, 0.15) is 5.04 Å². The smallest absolute Gasteiger partial charge is 0.160 e. The number of H-pyrrole nitrogens is 1. The van der Waals surface area contributed by atoms with Gasteiger partial charge in [0, 0.05) is 53.2 Å². The number of fused-ring (bicyclic) bond motifs is 1. The maximum atomic E-state index is 8.15. The second-order valence-electron chi connectivity index (χ2n) is 4.70. The number of hydrogen-bond donors (Lipinski definition) is 3. The van der Waals surface area contributed by atoms with E-state index in [1.807, 2.05) is 42.7 Å². The molecule has 6 heteroatoms. The Morgan fingerprint density at radius 3 is 2.95 bits per heavy atom. The van der Waals surface area contributed by atoms with Crippen molar-refractivity contribution in [1.82, 2.24) is 9.97 Å². The molecule has 22 heavy (non-hydrogen) atoms. The van der Waals surface area contributed by atoms with Gasteiger partial charge in [0.15, 0.2) is 5.17 Å². The molecule has 0 fully saturated rings. The van der Waals surface area contributed by atoms with Crippen LogP contribution in [-0.2, 0) is 0 Å². The van der Waals surface area contributed by atoms with Crippen molar-refractivity contribution in [2.24, 2.45) is 10.7 Å². The highest BCUT2D eigenvalue weighted by molar-refractivity contribution is 8.26. The lowest BCUT2D eigenvalue weighted by molar-refractivity contribution is 1.33. The monoisotopic (exact) mass is 309 g/mol. The molecule has 0 aliphatic rings. The molecule has 4 N–H and O–H groups in total. The zero-order chi connectivity index (χ0) is 15.5. The van der Waals surface area contributed by atoms with Crippen molar-refractivity contribution in [3.8, 4) is 11.1 Å². The number of hydrogen-bond acceptors (Lipinski definition) is 4. The molecule has 0 aliphatic heterocycles. The summed E-state index contributed by atoms with van der Waals surface area (Å²) in [4.78, 5) is 11.3. The van der Waals surface area contributed by atoms with Crippen LogP contribution in [-0.4, -0.2) is 27.2 Å². The number of thioether (sulfide) groups is 1. The molecule has 0 bridgehead atoms. The van der Waals surface area contributed by atoms with Gasteiger partial charge in [-0.2, -0.15) is 0 Å². The van der Waals surface area contributed by atoms with Crippen LogP contribution in [0.2, 0.25) is 0 Å². The third-order valence-electron chi connectivity index (χ3n) is 3.34. The number of nitrogens with zero attached hydrogens (tertiary/aromatic N) is 2. The topological polar surface area (TPSA) is 90.9 Å². The SMILES string of the molecule is CN=C(N)SC(=N)c1ccc2[nH]cc(-c3cccnc3)c2c1. The highest BCUT2D eigenvalue weighted by Crippen LogP contribution is 2.29. The van der Waals surface area contributed by atoms with Crippen LogP contribution in [0, 0.1) is 5.41 Å². The first kappa shape index (κ1) is 14.3. The van der Waals surface area contributed by atoms with E-state index in [2.05, 4.69) is 15.0 Å². The van der Waals surface area contributed by atoms with E-state index in [-0.39, 0.29) is 0 Å². The molecule has 0 aliphatic carbocycles. The fourth-order valence-electron chi connectivity index (χ4n) is 2.23. The van der Waals surface area contributed by atoms with E-state index in [9.17, 15) is 0 Å². The number of aromatic nitrogens is 2. The summed E-state index contributed by atoms with van der Waals surface area (Å²) >= 11 is 1.15. The minimum absolute atomic E-state index is 0.378. The second kappa shape index (κ2) is 6.03. The maximum absolute atomic E-state index is 8.15. The van der Waals surface area contributed by atoms with Crippen LogP contribution in [0.15, 0.2) is 53.9 Å². The van der Waals surface area contributed by atoms with E-state index < -0.39 is 0 Å². The summed E-state index contributed by atoms with van der Waals surface area (Å²) in [7, 11) is 1.62. The number of rotatable bonds is 2. The van der Waals surface area contributed by atoms with Gasteiger partial charge in [-0.05, 0) is 30.0 Å². The number of aliphatic imine (C=N–C) groups is 1. The number of nitrogens with two attached hydrogens (primary N) is 1. The lowest BCUT2D eigenvalue weighted by Crippen LogP contribution is -2.10. The molecule has 110 valence electrons. The van der Waals surface area contributed by atoms with Crippen molar-refractivity contribution in [1.29, 1.82) is 5.41 Å². The quantitative estimate of drug-likeness (QED) is 0.501. The van der Waals surface area contributed by atoms with Gasteiger partial charge in [-0.25, -0.2) is 0 Å². The molecule has 0 amide bonds. The standard InChI is InChI=1S/C16H15N5S/c1-19-16(18)22-15(17)10-4-5-14-12(7-10)13(9-21-14)11-3-2-6-20-8-11/h2-9,17,21H,1H3,(H2,18,19). The van der Waals surface area contributed by atoms with Crippen LogP contribution in [0.3, 0.4) is 0 Å². The second-order valence-corrected chi connectivity index (χ2v) is 5.73. The Kier molecular flexibility index (Phi) is 3.93. The van der Waals surface area contributed by atoms with Gasteiger partial charge in [0.25, 0.3) is 0 Å². The third-order valence-corrected chi connectivity index (χ3v) is 4.18. The fraction of sp³-hybridized carbons (Fsp3) is 0.0625. The first-order valence-electron chi connectivity index (χ1n) is 6.69. The summed E-state index contributed by atoms with van der Waals surface area (Å²) < 4.78 is 0. The lowest BCUT2D eigenvalue weighted by atomic mass is 10.0. The molecule has 0 saturated carbocycles. The summed E-state index contributed by atoms with van der Waals surface area (Å²) in [5.74, 6) is 0. The van der Waals surface area contributed by atoms with E-state index in [1.165, 1.54) is 0 Å². The Morgan fingerprint density at radius 2 is 2.23 bits per heavy atom. The number of nitrogens with one attached hydrogen (secondary N) is 2. The fourth-order valence-corrected chi connectivity index (χ4v) is 2.78. The maximum Gasteiger partial charge on any atom is 0.160 e. The Bertz CT molecular complexity index is 851. The highest BCUT2D eigenvalue weighted by atomic mass is 32.2. The average molecular weight is 309 g/mol. The molecule has 1 aromatic carbocycles. The van der Waals surface area contributed by atoms with Gasteiger partial charge in [0.05, 0.1) is 0 Å². The molecular weight excluding hydrogens is 294 g/mol. The van der Waals surface area contributed by atoms with E-state index in [4.69, 9.17) is 11.1 Å². The third kappa shape index (κ3) is 2.73. The summed E-state index contributed by atoms with van der Waals surface area (Å²) in [6.45, 7) is 0. The molecule has 3 rings (SSSR count). The van der Waals surface area contributed by atoms with Gasteiger partial charge in [0.2, 0.25) is 0 Å². The summed E-state index contributed by atoms with van der Waals surface area (Å²) in [5.41, 5.74) is 9.63. The minimum Gasteiger partial charge on any atom is -0.378 e. The summed E-state index contributed by atoms with van der Waals surface area (Å²) in [6, 6.07) is 9.80. The average Bonchev–Trinajstić information content (AvgIpc) is 2.98. The van der Waals surface area contributed by atoms with Crippen molar-refractivity contribution < 1.29 is 0 Å². The van der Waals surface area contributed by atoms with Crippen LogP contribution in [0.5, 0.6) is 0 Å². The zero-order valence-electron chi connectivity index (χ0n) is 12.0. The molecule has 5 nitrogen and oxygen atoms in total. The molecule has 0 saturated heterocycles. The van der Waals surface area contributed by atoms with Gasteiger partial charge in [-0.1, -0.05) is 12.1 Å². The first-order valence-corrected chi connectivity index (χ1v) is 7.51. The lowest BCUT2D eigenvalue weighted by Gasteiger charge is -2.04. The van der Waals surface area contributed by atoms with Crippen LogP contribution in [0.4, 0.5) is 0 Å². The number of pyridine rings is 1.